The molecule has 1 fully saturated rings. The molecule has 1 aromatic heterocycles. The van der Waals surface area contributed by atoms with Crippen LogP contribution in [0.5, 0.6) is 5.88 Å². The number of aromatic nitrogens is 2. The molecule has 2 rings (SSSR count). The number of hydrogen-bond acceptors (Lipinski definition) is 4. The zero-order valence-electron chi connectivity index (χ0n) is 8.07. The molecule has 2 atom stereocenters. The van der Waals surface area contributed by atoms with E-state index in [1.165, 1.54) is 12.8 Å². The molecule has 1 heterocycles. The molecule has 5 heteroatoms. The van der Waals surface area contributed by atoms with Crippen LogP contribution in [0, 0.1) is 5.92 Å². The molecule has 0 spiro atoms. The van der Waals surface area contributed by atoms with Gasteiger partial charge in [0.1, 0.15) is 6.10 Å². The maximum absolute atomic E-state index is 5.81. The van der Waals surface area contributed by atoms with Crippen LogP contribution in [0.15, 0.2) is 0 Å². The summed E-state index contributed by atoms with van der Waals surface area (Å²) in [5, 5.41) is 0.397. The Hall–Kier alpha value is -0.350. The van der Waals surface area contributed by atoms with Gasteiger partial charge in [-0.25, -0.2) is 0 Å². The molecule has 0 amide bonds. The number of halogens is 1. The highest BCUT2D eigenvalue weighted by atomic mass is 35.5. The van der Waals surface area contributed by atoms with Crippen LogP contribution >= 0.6 is 23.3 Å². The van der Waals surface area contributed by atoms with E-state index in [9.17, 15) is 0 Å². The first kappa shape index (κ1) is 10.2. The van der Waals surface area contributed by atoms with Crippen molar-refractivity contribution >= 4 is 23.3 Å². The van der Waals surface area contributed by atoms with Crippen molar-refractivity contribution in [3.63, 3.8) is 0 Å². The Morgan fingerprint density at radius 3 is 2.93 bits per heavy atom. The molecule has 1 aliphatic rings. The highest BCUT2D eigenvalue weighted by Crippen LogP contribution is 2.29. The summed E-state index contributed by atoms with van der Waals surface area (Å²) in [5.74, 6) is 1.26. The maximum atomic E-state index is 5.81. The van der Waals surface area contributed by atoms with Gasteiger partial charge in [0.25, 0.3) is 5.88 Å². The lowest BCUT2D eigenvalue weighted by Gasteiger charge is -2.26. The Labute approximate surface area is 92.8 Å². The third-order valence-corrected chi connectivity index (χ3v) is 3.45. The summed E-state index contributed by atoms with van der Waals surface area (Å²) in [6, 6.07) is 0. The molecule has 0 bridgehead atoms. The molecule has 0 aliphatic heterocycles. The molecular formula is C9H13ClN2OS. The van der Waals surface area contributed by atoms with Crippen LogP contribution in [-0.4, -0.2) is 14.9 Å². The molecular weight excluding hydrogens is 220 g/mol. The Balaban J connectivity index is 1.94. The lowest BCUT2D eigenvalue weighted by molar-refractivity contribution is 0.125. The number of ether oxygens (including phenoxy) is 1. The van der Waals surface area contributed by atoms with Crippen molar-refractivity contribution in [2.24, 2.45) is 5.92 Å². The second kappa shape index (κ2) is 4.45. The standard InChI is InChI=1S/C9H13ClN2OS/c1-6-3-2-4-7(5-6)13-9-8(10)11-14-12-9/h6-7H,2-5H2,1H3. The van der Waals surface area contributed by atoms with Crippen LogP contribution in [0.2, 0.25) is 5.15 Å². The van der Waals surface area contributed by atoms with Crippen molar-refractivity contribution in [2.45, 2.75) is 38.7 Å². The fraction of sp³-hybridized carbons (Fsp3) is 0.778. The molecule has 78 valence electrons. The van der Waals surface area contributed by atoms with Gasteiger partial charge in [-0.2, -0.15) is 4.37 Å². The second-order valence-corrected chi connectivity index (χ2v) is 4.76. The Morgan fingerprint density at radius 2 is 2.29 bits per heavy atom. The first-order valence-electron chi connectivity index (χ1n) is 4.90. The Morgan fingerprint density at radius 1 is 1.43 bits per heavy atom. The summed E-state index contributed by atoms with van der Waals surface area (Å²) in [7, 11) is 0. The fourth-order valence-corrected chi connectivity index (χ4v) is 2.51. The zero-order valence-corrected chi connectivity index (χ0v) is 9.64. The van der Waals surface area contributed by atoms with Gasteiger partial charge >= 0.3 is 0 Å². The van der Waals surface area contributed by atoms with E-state index in [2.05, 4.69) is 15.7 Å². The molecule has 1 aliphatic carbocycles. The van der Waals surface area contributed by atoms with Gasteiger partial charge in [-0.1, -0.05) is 24.9 Å². The molecule has 0 saturated heterocycles. The summed E-state index contributed by atoms with van der Waals surface area (Å²) in [6.07, 6.45) is 5.04. The molecule has 1 aromatic rings. The minimum atomic E-state index is 0.278. The summed E-state index contributed by atoms with van der Waals surface area (Å²) < 4.78 is 13.6. The van der Waals surface area contributed by atoms with Crippen molar-refractivity contribution in [1.82, 2.24) is 8.75 Å². The highest BCUT2D eigenvalue weighted by Gasteiger charge is 2.22. The third-order valence-electron chi connectivity index (χ3n) is 2.59. The molecule has 0 radical (unpaired) electrons. The van der Waals surface area contributed by atoms with Gasteiger partial charge in [-0.3, -0.25) is 0 Å². The van der Waals surface area contributed by atoms with Crippen molar-refractivity contribution in [3.8, 4) is 5.88 Å². The molecule has 1 saturated carbocycles. The van der Waals surface area contributed by atoms with Crippen LogP contribution < -0.4 is 4.74 Å². The van der Waals surface area contributed by atoms with E-state index in [0.29, 0.717) is 11.0 Å². The Bertz CT molecular complexity index is 305. The first-order chi connectivity index (χ1) is 6.75. The first-order valence-corrected chi connectivity index (χ1v) is 6.01. The fourth-order valence-electron chi connectivity index (χ4n) is 1.88. The van der Waals surface area contributed by atoms with Crippen LogP contribution in [0.1, 0.15) is 32.6 Å². The summed E-state index contributed by atoms with van der Waals surface area (Å²) >= 11 is 6.91. The monoisotopic (exact) mass is 232 g/mol. The van der Waals surface area contributed by atoms with E-state index in [-0.39, 0.29) is 6.10 Å². The SMILES string of the molecule is CC1CCCC(Oc2nsnc2Cl)C1. The van der Waals surface area contributed by atoms with E-state index in [1.807, 2.05) is 0 Å². The zero-order chi connectivity index (χ0) is 9.97. The van der Waals surface area contributed by atoms with E-state index in [0.717, 1.165) is 30.5 Å². The van der Waals surface area contributed by atoms with Crippen LogP contribution in [0.3, 0.4) is 0 Å². The van der Waals surface area contributed by atoms with Gasteiger partial charge < -0.3 is 4.74 Å². The Kier molecular flexibility index (Phi) is 3.23. The van der Waals surface area contributed by atoms with E-state index < -0.39 is 0 Å². The van der Waals surface area contributed by atoms with Crippen molar-refractivity contribution < 1.29 is 4.74 Å². The van der Waals surface area contributed by atoms with Crippen LogP contribution in [0.4, 0.5) is 0 Å². The maximum Gasteiger partial charge on any atom is 0.265 e. The van der Waals surface area contributed by atoms with Crippen molar-refractivity contribution in [2.75, 3.05) is 0 Å². The smallest absolute Gasteiger partial charge is 0.265 e. The molecule has 3 nitrogen and oxygen atoms in total. The highest BCUT2D eigenvalue weighted by molar-refractivity contribution is 6.99. The third kappa shape index (κ3) is 2.36. The van der Waals surface area contributed by atoms with E-state index >= 15 is 0 Å². The van der Waals surface area contributed by atoms with Gasteiger partial charge in [0.15, 0.2) is 0 Å². The topological polar surface area (TPSA) is 35.0 Å². The number of rotatable bonds is 2. The van der Waals surface area contributed by atoms with Gasteiger partial charge in [0.05, 0.1) is 11.7 Å². The molecule has 0 N–H and O–H groups in total. The minimum absolute atomic E-state index is 0.278. The normalized spacial score (nSPS) is 27.6. The van der Waals surface area contributed by atoms with Crippen LogP contribution in [0.25, 0.3) is 0 Å². The van der Waals surface area contributed by atoms with Crippen molar-refractivity contribution in [3.05, 3.63) is 5.15 Å². The average Bonchev–Trinajstić information content (AvgIpc) is 2.52. The van der Waals surface area contributed by atoms with Gasteiger partial charge in [0.2, 0.25) is 5.15 Å². The quantitative estimate of drug-likeness (QED) is 0.786. The summed E-state index contributed by atoms with van der Waals surface area (Å²) in [6.45, 7) is 2.26. The summed E-state index contributed by atoms with van der Waals surface area (Å²) in [4.78, 5) is 0. The predicted molar refractivity (Wildman–Crippen MR) is 57.0 cm³/mol. The van der Waals surface area contributed by atoms with Gasteiger partial charge in [0, 0.05) is 0 Å². The van der Waals surface area contributed by atoms with Gasteiger partial charge in [-0.15, -0.1) is 4.37 Å². The lowest BCUT2D eigenvalue weighted by atomic mass is 9.89. The van der Waals surface area contributed by atoms with E-state index in [4.69, 9.17) is 16.3 Å². The average molecular weight is 233 g/mol. The number of nitrogens with zero attached hydrogens (tertiary/aromatic N) is 2. The van der Waals surface area contributed by atoms with Gasteiger partial charge in [-0.05, 0) is 25.2 Å². The second-order valence-electron chi connectivity index (χ2n) is 3.87. The summed E-state index contributed by atoms with van der Waals surface area (Å²) in [5.41, 5.74) is 0. The molecule has 2 unspecified atom stereocenters. The molecule has 14 heavy (non-hydrogen) atoms. The predicted octanol–water partition coefficient (Wildman–Crippen LogP) is 3.15. The van der Waals surface area contributed by atoms with Crippen molar-refractivity contribution in [1.29, 1.82) is 0 Å². The number of hydrogen-bond donors (Lipinski definition) is 0. The van der Waals surface area contributed by atoms with Crippen LogP contribution in [-0.2, 0) is 0 Å². The molecule has 0 aromatic carbocycles. The minimum Gasteiger partial charge on any atom is -0.472 e. The largest absolute Gasteiger partial charge is 0.472 e. The lowest BCUT2D eigenvalue weighted by Crippen LogP contribution is -2.24. The van der Waals surface area contributed by atoms with E-state index in [1.54, 1.807) is 0 Å².